The molecule has 1 N–H and O–H groups in total. The highest BCUT2D eigenvalue weighted by Gasteiger charge is 2.25. The van der Waals surface area contributed by atoms with Gasteiger partial charge in [0.05, 0.1) is 6.54 Å². The van der Waals surface area contributed by atoms with Gasteiger partial charge in [-0.3, -0.25) is 4.99 Å². The van der Waals surface area contributed by atoms with Crippen molar-refractivity contribution in [1.82, 2.24) is 10.2 Å². The molecule has 22 heavy (non-hydrogen) atoms. The number of benzene rings is 1. The monoisotopic (exact) mass is 427 g/mol. The minimum absolute atomic E-state index is 0. The van der Waals surface area contributed by atoms with Crippen LogP contribution in [0.1, 0.15) is 22.8 Å². The fourth-order valence-electron chi connectivity index (χ4n) is 2.86. The first-order valence-electron chi connectivity index (χ1n) is 7.40. The SMILES string of the molecule is CN=C(NCc1cccs1)N1CCC(c2ccccc2)C1.I. The molecule has 1 fully saturated rings. The van der Waals surface area contributed by atoms with E-state index in [1.165, 1.54) is 16.9 Å². The third-order valence-corrected chi connectivity index (χ3v) is 4.85. The summed E-state index contributed by atoms with van der Waals surface area (Å²) < 4.78 is 0. The van der Waals surface area contributed by atoms with Gasteiger partial charge in [0.15, 0.2) is 5.96 Å². The molecule has 0 radical (unpaired) electrons. The number of guanidine groups is 1. The molecule has 1 atom stereocenters. The van der Waals surface area contributed by atoms with Crippen LogP contribution in [0.25, 0.3) is 0 Å². The zero-order valence-electron chi connectivity index (χ0n) is 12.7. The van der Waals surface area contributed by atoms with Crippen molar-refractivity contribution < 1.29 is 0 Å². The van der Waals surface area contributed by atoms with Gasteiger partial charge in [0.1, 0.15) is 0 Å². The van der Waals surface area contributed by atoms with Crippen LogP contribution in [0.3, 0.4) is 0 Å². The van der Waals surface area contributed by atoms with Crippen molar-refractivity contribution >= 4 is 41.3 Å². The third kappa shape index (κ3) is 4.23. The Morgan fingerprint density at radius 2 is 2.09 bits per heavy atom. The van der Waals surface area contributed by atoms with E-state index in [4.69, 9.17) is 0 Å². The van der Waals surface area contributed by atoms with Crippen molar-refractivity contribution in [3.05, 3.63) is 58.3 Å². The molecule has 0 bridgehead atoms. The van der Waals surface area contributed by atoms with E-state index in [0.29, 0.717) is 5.92 Å². The van der Waals surface area contributed by atoms with Crippen molar-refractivity contribution in [2.24, 2.45) is 4.99 Å². The summed E-state index contributed by atoms with van der Waals surface area (Å²) >= 11 is 1.78. The van der Waals surface area contributed by atoms with E-state index in [0.717, 1.165) is 25.6 Å². The van der Waals surface area contributed by atoms with Crippen molar-refractivity contribution in [1.29, 1.82) is 0 Å². The molecule has 1 aromatic carbocycles. The van der Waals surface area contributed by atoms with Crippen LogP contribution in [-0.4, -0.2) is 31.0 Å². The molecular formula is C17H22IN3S. The molecule has 1 saturated heterocycles. The molecule has 0 aliphatic carbocycles. The summed E-state index contributed by atoms with van der Waals surface area (Å²) in [6.07, 6.45) is 1.20. The fourth-order valence-corrected chi connectivity index (χ4v) is 3.51. The number of hydrogen-bond donors (Lipinski definition) is 1. The first-order chi connectivity index (χ1) is 10.4. The van der Waals surface area contributed by atoms with Crippen LogP contribution in [0.5, 0.6) is 0 Å². The molecule has 118 valence electrons. The first kappa shape index (κ1) is 17.3. The van der Waals surface area contributed by atoms with Crippen molar-refractivity contribution in [2.45, 2.75) is 18.9 Å². The van der Waals surface area contributed by atoms with Crippen molar-refractivity contribution in [3.63, 3.8) is 0 Å². The van der Waals surface area contributed by atoms with Gasteiger partial charge in [-0.1, -0.05) is 36.4 Å². The molecule has 5 heteroatoms. The van der Waals surface area contributed by atoms with Crippen LogP contribution in [0, 0.1) is 0 Å². The molecule has 0 spiro atoms. The lowest BCUT2D eigenvalue weighted by Gasteiger charge is -2.21. The predicted molar refractivity (Wildman–Crippen MR) is 105 cm³/mol. The highest BCUT2D eigenvalue weighted by Crippen LogP contribution is 2.26. The van der Waals surface area contributed by atoms with E-state index in [1.54, 1.807) is 11.3 Å². The van der Waals surface area contributed by atoms with Gasteiger partial charge >= 0.3 is 0 Å². The molecule has 2 heterocycles. The molecule has 2 aromatic rings. The molecule has 1 aliphatic rings. The summed E-state index contributed by atoms with van der Waals surface area (Å²) in [6.45, 7) is 2.98. The van der Waals surface area contributed by atoms with Crippen LogP contribution in [0.4, 0.5) is 0 Å². The minimum Gasteiger partial charge on any atom is -0.351 e. The highest BCUT2D eigenvalue weighted by atomic mass is 127. The number of likely N-dealkylation sites (tertiary alicyclic amines) is 1. The normalized spacial score (nSPS) is 18.1. The molecule has 3 rings (SSSR count). The second kappa shape index (κ2) is 8.53. The lowest BCUT2D eigenvalue weighted by atomic mass is 9.99. The predicted octanol–water partition coefficient (Wildman–Crippen LogP) is 3.93. The average Bonchev–Trinajstić information content (AvgIpc) is 3.20. The van der Waals surface area contributed by atoms with Gasteiger partial charge in [-0.2, -0.15) is 0 Å². The summed E-state index contributed by atoms with van der Waals surface area (Å²) in [7, 11) is 1.87. The second-order valence-electron chi connectivity index (χ2n) is 5.32. The van der Waals surface area contributed by atoms with Crippen LogP contribution in [0.15, 0.2) is 52.8 Å². The Morgan fingerprint density at radius 3 is 2.77 bits per heavy atom. The van der Waals surface area contributed by atoms with E-state index in [1.807, 2.05) is 7.05 Å². The maximum atomic E-state index is 4.43. The Hall–Kier alpha value is -1.08. The molecular weight excluding hydrogens is 405 g/mol. The molecule has 0 amide bonds. The standard InChI is InChI=1S/C17H21N3S.HI/c1-18-17(19-12-16-8-5-11-21-16)20-10-9-15(13-20)14-6-3-2-4-7-14;/h2-8,11,15H,9-10,12-13H2,1H3,(H,18,19);1H. The van der Waals surface area contributed by atoms with E-state index in [2.05, 4.69) is 63.1 Å². The fraction of sp³-hybridized carbons (Fsp3) is 0.353. The second-order valence-corrected chi connectivity index (χ2v) is 6.35. The summed E-state index contributed by atoms with van der Waals surface area (Å²) in [5.74, 6) is 1.63. The van der Waals surface area contributed by atoms with Gasteiger partial charge in [-0.05, 0) is 23.4 Å². The smallest absolute Gasteiger partial charge is 0.193 e. The molecule has 1 unspecified atom stereocenters. The Labute approximate surface area is 153 Å². The van der Waals surface area contributed by atoms with E-state index < -0.39 is 0 Å². The maximum Gasteiger partial charge on any atom is 0.193 e. The third-order valence-electron chi connectivity index (χ3n) is 3.97. The molecule has 1 aromatic heterocycles. The number of halogens is 1. The summed E-state index contributed by atoms with van der Waals surface area (Å²) in [4.78, 5) is 8.14. The Morgan fingerprint density at radius 1 is 1.27 bits per heavy atom. The zero-order valence-corrected chi connectivity index (χ0v) is 15.9. The van der Waals surface area contributed by atoms with Gasteiger partial charge in [-0.15, -0.1) is 35.3 Å². The van der Waals surface area contributed by atoms with Crippen LogP contribution < -0.4 is 5.32 Å². The van der Waals surface area contributed by atoms with Crippen molar-refractivity contribution in [3.8, 4) is 0 Å². The molecule has 3 nitrogen and oxygen atoms in total. The van der Waals surface area contributed by atoms with E-state index in [9.17, 15) is 0 Å². The van der Waals surface area contributed by atoms with E-state index >= 15 is 0 Å². The van der Waals surface area contributed by atoms with E-state index in [-0.39, 0.29) is 24.0 Å². The lowest BCUT2D eigenvalue weighted by Crippen LogP contribution is -2.39. The number of nitrogens with zero attached hydrogens (tertiary/aromatic N) is 2. The Bertz CT molecular complexity index is 583. The van der Waals surface area contributed by atoms with Crippen LogP contribution in [0.2, 0.25) is 0 Å². The molecule has 0 saturated carbocycles. The Balaban J connectivity index is 0.00000176. The molecule has 1 aliphatic heterocycles. The van der Waals surface area contributed by atoms with Crippen LogP contribution in [-0.2, 0) is 6.54 Å². The number of hydrogen-bond acceptors (Lipinski definition) is 2. The van der Waals surface area contributed by atoms with Gasteiger partial charge < -0.3 is 10.2 Å². The number of nitrogens with one attached hydrogen (secondary N) is 1. The van der Waals surface area contributed by atoms with Gasteiger partial charge in [0, 0.05) is 30.9 Å². The quantitative estimate of drug-likeness (QED) is 0.457. The largest absolute Gasteiger partial charge is 0.351 e. The average molecular weight is 427 g/mol. The van der Waals surface area contributed by atoms with Gasteiger partial charge in [0.2, 0.25) is 0 Å². The maximum absolute atomic E-state index is 4.43. The Kier molecular flexibility index (Phi) is 6.70. The number of aliphatic imine (C=N–C) groups is 1. The van der Waals surface area contributed by atoms with Crippen LogP contribution >= 0.6 is 35.3 Å². The highest BCUT2D eigenvalue weighted by molar-refractivity contribution is 14.0. The lowest BCUT2D eigenvalue weighted by molar-refractivity contribution is 0.486. The summed E-state index contributed by atoms with van der Waals surface area (Å²) in [5.41, 5.74) is 1.44. The summed E-state index contributed by atoms with van der Waals surface area (Å²) in [5, 5.41) is 5.58. The minimum atomic E-state index is 0. The van der Waals surface area contributed by atoms with Gasteiger partial charge in [-0.25, -0.2) is 0 Å². The summed E-state index contributed by atoms with van der Waals surface area (Å²) in [6, 6.07) is 15.0. The van der Waals surface area contributed by atoms with Gasteiger partial charge in [0.25, 0.3) is 0 Å². The van der Waals surface area contributed by atoms with Crippen molar-refractivity contribution in [2.75, 3.05) is 20.1 Å². The topological polar surface area (TPSA) is 27.6 Å². The zero-order chi connectivity index (χ0) is 14.5. The number of rotatable bonds is 3. The number of thiophene rings is 1. The first-order valence-corrected chi connectivity index (χ1v) is 8.27.